The van der Waals surface area contributed by atoms with Crippen molar-refractivity contribution in [1.29, 1.82) is 0 Å². The number of nitrogens with zero attached hydrogens (tertiary/aromatic N) is 3. The van der Waals surface area contributed by atoms with Crippen molar-refractivity contribution in [3.8, 4) is 5.88 Å². The Kier molecular flexibility index (Phi) is 3.44. The van der Waals surface area contributed by atoms with Crippen LogP contribution in [-0.4, -0.2) is 28.9 Å². The summed E-state index contributed by atoms with van der Waals surface area (Å²) in [7, 11) is 5.45. The van der Waals surface area contributed by atoms with Gasteiger partial charge in [-0.15, -0.1) is 11.3 Å². The molecule has 1 N–H and O–H groups in total. The third kappa shape index (κ3) is 2.05. The van der Waals surface area contributed by atoms with Crippen LogP contribution in [0.4, 0.5) is 0 Å². The normalized spacial score (nSPS) is 12.7. The molecule has 6 heteroatoms. The second-order valence-corrected chi connectivity index (χ2v) is 4.65. The largest absolute Gasteiger partial charge is 0.481 e. The van der Waals surface area contributed by atoms with Crippen LogP contribution in [0.5, 0.6) is 5.88 Å². The summed E-state index contributed by atoms with van der Waals surface area (Å²) in [6.45, 7) is 1.98. The van der Waals surface area contributed by atoms with E-state index in [9.17, 15) is 0 Å². The summed E-state index contributed by atoms with van der Waals surface area (Å²) in [5.74, 6) is 0.775. The van der Waals surface area contributed by atoms with Gasteiger partial charge in [-0.2, -0.15) is 5.10 Å². The van der Waals surface area contributed by atoms with Gasteiger partial charge in [0.1, 0.15) is 5.01 Å². The molecular formula is C11H16N4OS. The Morgan fingerprint density at radius 2 is 2.29 bits per heavy atom. The van der Waals surface area contributed by atoms with Gasteiger partial charge < -0.3 is 10.1 Å². The van der Waals surface area contributed by atoms with Crippen LogP contribution >= 0.6 is 11.3 Å². The first-order valence-electron chi connectivity index (χ1n) is 5.33. The van der Waals surface area contributed by atoms with Gasteiger partial charge in [0, 0.05) is 18.6 Å². The quantitative estimate of drug-likeness (QED) is 0.896. The molecule has 0 aliphatic heterocycles. The predicted molar refractivity (Wildman–Crippen MR) is 67.5 cm³/mol. The lowest BCUT2D eigenvalue weighted by molar-refractivity contribution is 0.366. The minimum Gasteiger partial charge on any atom is -0.481 e. The highest BCUT2D eigenvalue weighted by atomic mass is 32.1. The molecule has 2 rings (SSSR count). The molecule has 1 atom stereocenters. The van der Waals surface area contributed by atoms with E-state index in [1.807, 2.05) is 32.6 Å². The molecule has 0 aliphatic rings. The maximum absolute atomic E-state index is 5.42. The van der Waals surface area contributed by atoms with Gasteiger partial charge in [-0.05, 0) is 14.0 Å². The Morgan fingerprint density at radius 1 is 1.53 bits per heavy atom. The predicted octanol–water partition coefficient (Wildman–Crippen LogP) is 1.50. The summed E-state index contributed by atoms with van der Waals surface area (Å²) in [6.07, 6.45) is 1.81. The van der Waals surface area contributed by atoms with Crippen molar-refractivity contribution in [1.82, 2.24) is 20.1 Å². The third-order valence-corrected chi connectivity index (χ3v) is 3.52. The van der Waals surface area contributed by atoms with Crippen molar-refractivity contribution in [3.05, 3.63) is 27.8 Å². The zero-order valence-corrected chi connectivity index (χ0v) is 11.2. The van der Waals surface area contributed by atoms with E-state index in [0.29, 0.717) is 0 Å². The molecule has 0 spiro atoms. The lowest BCUT2D eigenvalue weighted by Crippen LogP contribution is -2.18. The molecule has 92 valence electrons. The Balaban J connectivity index is 2.51. The maximum Gasteiger partial charge on any atom is 0.216 e. The number of thiazole rings is 1. The molecule has 1 unspecified atom stereocenters. The summed E-state index contributed by atoms with van der Waals surface area (Å²) >= 11 is 1.62. The summed E-state index contributed by atoms with van der Waals surface area (Å²) in [4.78, 5) is 4.35. The summed E-state index contributed by atoms with van der Waals surface area (Å²) in [5.41, 5.74) is 2.01. The molecule has 0 saturated carbocycles. The van der Waals surface area contributed by atoms with E-state index < -0.39 is 0 Å². The van der Waals surface area contributed by atoms with Crippen LogP contribution in [0.2, 0.25) is 0 Å². The molecule has 0 bridgehead atoms. The highest BCUT2D eigenvalue weighted by Gasteiger charge is 2.25. The van der Waals surface area contributed by atoms with Gasteiger partial charge in [-0.3, -0.25) is 0 Å². The fourth-order valence-corrected chi connectivity index (χ4v) is 2.75. The van der Waals surface area contributed by atoms with E-state index in [0.717, 1.165) is 22.1 Å². The molecule has 0 aliphatic carbocycles. The summed E-state index contributed by atoms with van der Waals surface area (Å²) in [6, 6.07) is 0.0265. The second kappa shape index (κ2) is 4.85. The lowest BCUT2D eigenvalue weighted by atomic mass is 10.1. The first-order chi connectivity index (χ1) is 8.19. The summed E-state index contributed by atoms with van der Waals surface area (Å²) in [5, 5.41) is 10.6. The highest BCUT2D eigenvalue weighted by molar-refractivity contribution is 7.09. The van der Waals surface area contributed by atoms with Gasteiger partial charge in [0.05, 0.1) is 24.4 Å². The number of ether oxygens (including phenoxy) is 1. The molecule has 0 amide bonds. The molecule has 2 heterocycles. The van der Waals surface area contributed by atoms with Gasteiger partial charge in [-0.25, -0.2) is 9.67 Å². The molecule has 0 aromatic carbocycles. The first kappa shape index (κ1) is 12.1. The number of hydrogen-bond acceptors (Lipinski definition) is 5. The molecule has 5 nitrogen and oxygen atoms in total. The van der Waals surface area contributed by atoms with Crippen molar-refractivity contribution in [2.75, 3.05) is 14.2 Å². The van der Waals surface area contributed by atoms with E-state index in [4.69, 9.17) is 4.74 Å². The van der Waals surface area contributed by atoms with Gasteiger partial charge in [-0.1, -0.05) is 0 Å². The number of rotatable bonds is 4. The standard InChI is InChI=1S/C11H16N4OS/c1-7-8(11(16-4)15(3)14-7)9(12-2)10-13-5-6-17-10/h5-6,9,12H,1-4H3. The Labute approximate surface area is 104 Å². The molecule has 0 saturated heterocycles. The van der Waals surface area contributed by atoms with E-state index in [2.05, 4.69) is 15.4 Å². The topological polar surface area (TPSA) is 52.0 Å². The number of hydrogen-bond donors (Lipinski definition) is 1. The van der Waals surface area contributed by atoms with Crippen LogP contribution in [0.15, 0.2) is 11.6 Å². The minimum absolute atomic E-state index is 0.0265. The SMILES string of the molecule is CNC(c1nccs1)c1c(C)nn(C)c1OC. The van der Waals surface area contributed by atoms with Crippen molar-refractivity contribution in [2.45, 2.75) is 13.0 Å². The Hall–Kier alpha value is -1.40. The van der Waals surface area contributed by atoms with E-state index in [1.165, 1.54) is 0 Å². The number of aryl methyl sites for hydroxylation is 2. The average molecular weight is 252 g/mol. The van der Waals surface area contributed by atoms with Crippen LogP contribution in [0.3, 0.4) is 0 Å². The molecule has 0 radical (unpaired) electrons. The fraction of sp³-hybridized carbons (Fsp3) is 0.455. The van der Waals surface area contributed by atoms with Crippen molar-refractivity contribution in [2.24, 2.45) is 7.05 Å². The van der Waals surface area contributed by atoms with Crippen LogP contribution in [0, 0.1) is 6.92 Å². The minimum atomic E-state index is 0.0265. The zero-order valence-electron chi connectivity index (χ0n) is 10.4. The van der Waals surface area contributed by atoms with E-state index >= 15 is 0 Å². The smallest absolute Gasteiger partial charge is 0.216 e. The van der Waals surface area contributed by atoms with E-state index in [-0.39, 0.29) is 6.04 Å². The first-order valence-corrected chi connectivity index (χ1v) is 6.21. The molecule has 0 fully saturated rings. The molecular weight excluding hydrogens is 236 g/mol. The summed E-state index contributed by atoms with van der Waals surface area (Å²) < 4.78 is 7.17. The monoisotopic (exact) mass is 252 g/mol. The van der Waals surface area contributed by atoms with Crippen molar-refractivity contribution < 1.29 is 4.74 Å². The third-order valence-electron chi connectivity index (χ3n) is 2.68. The van der Waals surface area contributed by atoms with Crippen LogP contribution < -0.4 is 10.1 Å². The highest BCUT2D eigenvalue weighted by Crippen LogP contribution is 2.32. The zero-order chi connectivity index (χ0) is 12.4. The number of nitrogens with one attached hydrogen (secondary N) is 1. The molecule has 17 heavy (non-hydrogen) atoms. The number of methoxy groups -OCH3 is 1. The van der Waals surface area contributed by atoms with E-state index in [1.54, 1.807) is 23.1 Å². The van der Waals surface area contributed by atoms with Crippen LogP contribution in [-0.2, 0) is 7.05 Å². The Morgan fingerprint density at radius 3 is 2.82 bits per heavy atom. The lowest BCUT2D eigenvalue weighted by Gasteiger charge is -2.14. The maximum atomic E-state index is 5.42. The van der Waals surface area contributed by atoms with Crippen LogP contribution in [0.25, 0.3) is 0 Å². The average Bonchev–Trinajstić information content (AvgIpc) is 2.90. The van der Waals surface area contributed by atoms with Gasteiger partial charge in [0.25, 0.3) is 0 Å². The fourth-order valence-electron chi connectivity index (χ4n) is 2.00. The Bertz CT molecular complexity index is 492. The second-order valence-electron chi connectivity index (χ2n) is 3.72. The van der Waals surface area contributed by atoms with Crippen molar-refractivity contribution in [3.63, 3.8) is 0 Å². The van der Waals surface area contributed by atoms with Gasteiger partial charge in [0.15, 0.2) is 0 Å². The van der Waals surface area contributed by atoms with Crippen LogP contribution in [0.1, 0.15) is 22.3 Å². The molecule has 2 aromatic rings. The number of aromatic nitrogens is 3. The molecule has 2 aromatic heterocycles. The van der Waals surface area contributed by atoms with Gasteiger partial charge >= 0.3 is 0 Å². The van der Waals surface area contributed by atoms with Gasteiger partial charge in [0.2, 0.25) is 5.88 Å². The van der Waals surface area contributed by atoms with Crippen molar-refractivity contribution >= 4 is 11.3 Å².